The Labute approximate surface area is 155 Å². The summed E-state index contributed by atoms with van der Waals surface area (Å²) in [7, 11) is 1.24. The quantitative estimate of drug-likeness (QED) is 0.228. The summed E-state index contributed by atoms with van der Waals surface area (Å²) in [6, 6.07) is -1.24. The van der Waals surface area contributed by atoms with Crippen LogP contribution in [-0.4, -0.2) is 118 Å². The first-order chi connectivity index (χ1) is 12.7. The summed E-state index contributed by atoms with van der Waals surface area (Å²) in [6.07, 6.45) is -12.3. The van der Waals surface area contributed by atoms with Crippen LogP contribution in [0.1, 0.15) is 6.92 Å². The Kier molecular flexibility index (Phi) is 7.88. The third-order valence-electron chi connectivity index (χ3n) is 4.63. The maximum atomic E-state index is 11.5. The Bertz CT molecular complexity index is 494. The molecule has 0 aromatic rings. The molecule has 0 aliphatic carbocycles. The zero-order valence-corrected chi connectivity index (χ0v) is 14.9. The first kappa shape index (κ1) is 22.4. The second-order valence-electron chi connectivity index (χ2n) is 6.47. The Hall–Kier alpha value is -0.930. The van der Waals surface area contributed by atoms with E-state index in [0.29, 0.717) is 0 Å². The van der Waals surface area contributed by atoms with Gasteiger partial charge in [-0.15, -0.1) is 0 Å². The number of carbonyl (C=O) groups is 1. The Morgan fingerprint density at radius 2 is 1.56 bits per heavy atom. The molecule has 10 atom stereocenters. The molecule has 158 valence electrons. The molecule has 2 heterocycles. The second kappa shape index (κ2) is 9.52. The van der Waals surface area contributed by atoms with Gasteiger partial charge in [0.1, 0.15) is 48.8 Å². The van der Waals surface area contributed by atoms with Crippen LogP contribution in [0, 0.1) is 0 Å². The number of methoxy groups -OCH3 is 1. The predicted molar refractivity (Wildman–Crippen MR) is 85.0 cm³/mol. The van der Waals surface area contributed by atoms with Gasteiger partial charge in [-0.3, -0.25) is 4.79 Å². The van der Waals surface area contributed by atoms with E-state index in [9.17, 15) is 35.4 Å². The maximum absolute atomic E-state index is 11.5. The van der Waals surface area contributed by atoms with Crippen molar-refractivity contribution in [1.82, 2.24) is 5.32 Å². The topological polar surface area (TPSA) is 187 Å². The highest BCUT2D eigenvalue weighted by atomic mass is 16.7. The van der Waals surface area contributed by atoms with Gasteiger partial charge in [0.15, 0.2) is 12.6 Å². The maximum Gasteiger partial charge on any atom is 0.217 e. The monoisotopic (exact) mass is 397 g/mol. The lowest BCUT2D eigenvalue weighted by Gasteiger charge is -2.47. The van der Waals surface area contributed by atoms with E-state index in [0.717, 1.165) is 0 Å². The van der Waals surface area contributed by atoms with E-state index < -0.39 is 80.5 Å². The molecule has 12 nitrogen and oxygen atoms in total. The van der Waals surface area contributed by atoms with Gasteiger partial charge in [-0.25, -0.2) is 0 Å². The molecule has 0 unspecified atom stereocenters. The van der Waals surface area contributed by atoms with Crippen LogP contribution < -0.4 is 5.32 Å². The molecule has 2 saturated heterocycles. The van der Waals surface area contributed by atoms with E-state index >= 15 is 0 Å². The van der Waals surface area contributed by atoms with Crippen molar-refractivity contribution in [2.24, 2.45) is 0 Å². The zero-order chi connectivity index (χ0) is 20.3. The van der Waals surface area contributed by atoms with Gasteiger partial charge in [0.25, 0.3) is 0 Å². The van der Waals surface area contributed by atoms with Gasteiger partial charge < -0.3 is 54.9 Å². The molecule has 27 heavy (non-hydrogen) atoms. The summed E-state index contributed by atoms with van der Waals surface area (Å²) >= 11 is 0. The van der Waals surface area contributed by atoms with Crippen LogP contribution >= 0.6 is 0 Å². The molecule has 0 radical (unpaired) electrons. The van der Waals surface area contributed by atoms with Gasteiger partial charge in [0.05, 0.1) is 13.2 Å². The molecule has 2 rings (SSSR count). The molecule has 0 aromatic heterocycles. The van der Waals surface area contributed by atoms with Crippen LogP contribution in [-0.2, 0) is 23.7 Å². The van der Waals surface area contributed by atoms with E-state index in [1.807, 2.05) is 0 Å². The molecule has 2 aliphatic heterocycles. The minimum atomic E-state index is -1.54. The fraction of sp³-hybridized carbons (Fsp3) is 0.933. The normalized spacial score (nSPS) is 45.5. The molecular weight excluding hydrogens is 370 g/mol. The number of hydrogen-bond donors (Lipinski definition) is 7. The number of rotatable bonds is 6. The van der Waals surface area contributed by atoms with Crippen molar-refractivity contribution in [3.8, 4) is 0 Å². The van der Waals surface area contributed by atoms with Crippen LogP contribution in [0.4, 0.5) is 0 Å². The van der Waals surface area contributed by atoms with Gasteiger partial charge in [-0.2, -0.15) is 0 Å². The molecule has 12 heteroatoms. The summed E-state index contributed by atoms with van der Waals surface area (Å²) in [5.41, 5.74) is 0. The van der Waals surface area contributed by atoms with Crippen molar-refractivity contribution in [3.05, 3.63) is 0 Å². The van der Waals surface area contributed by atoms with Crippen molar-refractivity contribution in [2.45, 2.75) is 68.3 Å². The average Bonchev–Trinajstić information content (AvgIpc) is 2.63. The van der Waals surface area contributed by atoms with E-state index in [1.165, 1.54) is 14.0 Å². The first-order valence-electron chi connectivity index (χ1n) is 8.45. The van der Waals surface area contributed by atoms with Crippen molar-refractivity contribution in [3.63, 3.8) is 0 Å². The average molecular weight is 397 g/mol. The predicted octanol–water partition coefficient (Wildman–Crippen LogP) is -4.60. The highest BCUT2D eigenvalue weighted by Gasteiger charge is 2.51. The lowest BCUT2D eigenvalue weighted by atomic mass is 9.95. The summed E-state index contributed by atoms with van der Waals surface area (Å²) in [5, 5.41) is 61.7. The van der Waals surface area contributed by atoms with Crippen molar-refractivity contribution < 1.29 is 54.4 Å². The Morgan fingerprint density at radius 3 is 2.07 bits per heavy atom. The zero-order valence-electron chi connectivity index (χ0n) is 14.9. The Morgan fingerprint density at radius 1 is 0.963 bits per heavy atom. The lowest BCUT2D eigenvalue weighted by molar-refractivity contribution is -0.344. The van der Waals surface area contributed by atoms with E-state index in [1.54, 1.807) is 0 Å². The third-order valence-corrected chi connectivity index (χ3v) is 4.63. The van der Waals surface area contributed by atoms with Gasteiger partial charge in [0, 0.05) is 14.0 Å². The molecule has 7 N–H and O–H groups in total. The summed E-state index contributed by atoms with van der Waals surface area (Å²) in [6.45, 7) is -0.0757. The highest BCUT2D eigenvalue weighted by Crippen LogP contribution is 2.29. The van der Waals surface area contributed by atoms with Crippen LogP contribution in [0.25, 0.3) is 0 Å². The first-order valence-corrected chi connectivity index (χ1v) is 8.45. The van der Waals surface area contributed by atoms with Crippen LogP contribution in [0.15, 0.2) is 0 Å². The second-order valence-corrected chi connectivity index (χ2v) is 6.47. The van der Waals surface area contributed by atoms with Gasteiger partial charge in [0.2, 0.25) is 5.91 Å². The molecule has 0 spiro atoms. The number of hydrogen-bond acceptors (Lipinski definition) is 11. The van der Waals surface area contributed by atoms with Crippen molar-refractivity contribution in [1.29, 1.82) is 0 Å². The molecular formula is C15H27NO11. The fourth-order valence-corrected chi connectivity index (χ4v) is 3.21. The standard InChI is InChI=1S/C15H27NO11/c1-5(19)16-8-11(22)9(20)6(3-17)26-15(8)27-12-10(21)7(4-18)25-14(23)13(12)24-2/h6-15,17-18,20-23H,3-4H2,1-2H3,(H,16,19)/t6-,7-,8-,9-,10+,11-,12+,13-,14+,15+/m1/s1. The number of aliphatic hydroxyl groups excluding tert-OH is 6. The summed E-state index contributed by atoms with van der Waals surface area (Å²) in [4.78, 5) is 11.5. The number of carbonyl (C=O) groups excluding carboxylic acids is 1. The molecule has 2 fully saturated rings. The smallest absolute Gasteiger partial charge is 0.217 e. The van der Waals surface area contributed by atoms with Crippen molar-refractivity contribution in [2.75, 3.05) is 20.3 Å². The van der Waals surface area contributed by atoms with E-state index in [2.05, 4.69) is 5.32 Å². The number of ether oxygens (including phenoxy) is 4. The van der Waals surface area contributed by atoms with Crippen LogP contribution in [0.3, 0.4) is 0 Å². The fourth-order valence-electron chi connectivity index (χ4n) is 3.21. The van der Waals surface area contributed by atoms with E-state index in [4.69, 9.17) is 18.9 Å². The summed E-state index contributed by atoms with van der Waals surface area (Å²) in [5.74, 6) is -0.546. The minimum Gasteiger partial charge on any atom is -0.394 e. The lowest BCUT2D eigenvalue weighted by Crippen LogP contribution is -2.67. The molecule has 1 amide bonds. The van der Waals surface area contributed by atoms with Gasteiger partial charge >= 0.3 is 0 Å². The molecule has 0 aromatic carbocycles. The summed E-state index contributed by atoms with van der Waals surface area (Å²) < 4.78 is 21.2. The Balaban J connectivity index is 2.26. The molecule has 2 aliphatic rings. The minimum absolute atomic E-state index is 0.546. The number of nitrogens with one attached hydrogen (secondary N) is 1. The highest BCUT2D eigenvalue weighted by molar-refractivity contribution is 5.73. The van der Waals surface area contributed by atoms with Crippen molar-refractivity contribution >= 4 is 5.91 Å². The van der Waals surface area contributed by atoms with Crippen LogP contribution in [0.5, 0.6) is 0 Å². The third kappa shape index (κ3) is 4.74. The van der Waals surface area contributed by atoms with Gasteiger partial charge in [-0.1, -0.05) is 0 Å². The molecule has 0 bridgehead atoms. The van der Waals surface area contributed by atoms with E-state index in [-0.39, 0.29) is 0 Å². The SMILES string of the molecule is CO[C@@H]1[C@@H](O[C@@H]2O[C@H](CO)[C@@H](O)[C@H](O)[C@H]2NC(C)=O)[C@@H](O)[C@@H](CO)O[C@@H]1O. The number of amides is 1. The largest absolute Gasteiger partial charge is 0.394 e. The van der Waals surface area contributed by atoms with Crippen LogP contribution in [0.2, 0.25) is 0 Å². The van der Waals surface area contributed by atoms with Gasteiger partial charge in [-0.05, 0) is 0 Å². The number of aliphatic hydroxyl groups is 6. The molecule has 0 saturated carbocycles.